The average Bonchev–Trinajstić information content (AvgIpc) is 3.35. The predicted octanol–water partition coefficient (Wildman–Crippen LogP) is 3.99. The molecule has 2 aromatic heterocycles. The minimum atomic E-state index is -0.321. The Kier molecular flexibility index (Phi) is 6.35. The molecule has 1 amide bonds. The SMILES string of the molecule is COc1cc(C(=O)N(Cc2ccco2)Cc2cc3ccccc3[nH]c2=O)cc(OC)c1OC. The molecule has 0 atom stereocenters. The molecule has 0 aliphatic carbocycles. The zero-order valence-electron chi connectivity index (χ0n) is 18.6. The van der Waals surface area contributed by atoms with Crippen molar-refractivity contribution in [1.82, 2.24) is 9.88 Å². The first-order valence-corrected chi connectivity index (χ1v) is 10.3. The number of hydrogen-bond donors (Lipinski definition) is 1. The molecule has 4 aromatic rings. The van der Waals surface area contributed by atoms with Gasteiger partial charge in [0, 0.05) is 16.6 Å². The largest absolute Gasteiger partial charge is 0.493 e. The Balaban J connectivity index is 1.74. The van der Waals surface area contributed by atoms with Crippen molar-refractivity contribution in [2.24, 2.45) is 0 Å². The van der Waals surface area contributed by atoms with E-state index < -0.39 is 0 Å². The van der Waals surface area contributed by atoms with Gasteiger partial charge in [-0.15, -0.1) is 0 Å². The number of ether oxygens (including phenoxy) is 3. The molecule has 170 valence electrons. The maximum absolute atomic E-state index is 13.6. The monoisotopic (exact) mass is 448 g/mol. The number of carbonyl (C=O) groups excluding carboxylic acids is 1. The molecule has 8 heteroatoms. The standard InChI is InChI=1S/C25H24N2O6/c1-30-21-12-17(13-22(31-2)23(21)32-3)25(29)27(15-19-8-6-10-33-19)14-18-11-16-7-4-5-9-20(16)26-24(18)28/h4-13H,14-15H2,1-3H3,(H,26,28). The number of nitrogens with one attached hydrogen (secondary N) is 1. The molecule has 0 saturated heterocycles. The Bertz CT molecular complexity index is 1300. The number of para-hydroxylation sites is 1. The Morgan fingerprint density at radius 1 is 0.939 bits per heavy atom. The molecule has 0 fully saturated rings. The summed E-state index contributed by atoms with van der Waals surface area (Å²) in [6, 6.07) is 16.0. The van der Waals surface area contributed by atoms with E-state index in [1.807, 2.05) is 24.3 Å². The first kappa shape index (κ1) is 22.0. The van der Waals surface area contributed by atoms with Crippen LogP contribution in [0.3, 0.4) is 0 Å². The highest BCUT2D eigenvalue weighted by molar-refractivity contribution is 5.95. The van der Waals surface area contributed by atoms with E-state index in [4.69, 9.17) is 18.6 Å². The minimum Gasteiger partial charge on any atom is -0.493 e. The van der Waals surface area contributed by atoms with Crippen LogP contribution in [0, 0.1) is 0 Å². The Hall–Kier alpha value is -4.20. The number of methoxy groups -OCH3 is 3. The molecule has 33 heavy (non-hydrogen) atoms. The van der Waals surface area contributed by atoms with Crippen LogP contribution in [0.2, 0.25) is 0 Å². The molecule has 0 aliphatic heterocycles. The summed E-state index contributed by atoms with van der Waals surface area (Å²) < 4.78 is 21.6. The van der Waals surface area contributed by atoms with E-state index in [9.17, 15) is 9.59 Å². The second-order valence-electron chi connectivity index (χ2n) is 7.37. The number of rotatable bonds is 8. The molecular weight excluding hydrogens is 424 g/mol. The number of nitrogens with zero attached hydrogens (tertiary/aromatic N) is 1. The molecule has 0 spiro atoms. The van der Waals surface area contributed by atoms with E-state index in [0.29, 0.717) is 34.1 Å². The third-order valence-corrected chi connectivity index (χ3v) is 5.32. The lowest BCUT2D eigenvalue weighted by molar-refractivity contribution is 0.0716. The average molecular weight is 448 g/mol. The van der Waals surface area contributed by atoms with E-state index in [1.54, 1.807) is 41.5 Å². The quantitative estimate of drug-likeness (QED) is 0.438. The Labute approximate surface area is 190 Å². The van der Waals surface area contributed by atoms with Crippen LogP contribution in [-0.2, 0) is 13.1 Å². The summed E-state index contributed by atoms with van der Waals surface area (Å²) in [7, 11) is 4.47. The number of benzene rings is 2. The summed E-state index contributed by atoms with van der Waals surface area (Å²) in [6.45, 7) is 0.255. The lowest BCUT2D eigenvalue weighted by Gasteiger charge is -2.23. The van der Waals surface area contributed by atoms with Gasteiger partial charge in [0.25, 0.3) is 11.5 Å². The lowest BCUT2D eigenvalue weighted by atomic mass is 10.1. The first-order valence-electron chi connectivity index (χ1n) is 10.3. The highest BCUT2D eigenvalue weighted by Crippen LogP contribution is 2.38. The third kappa shape index (κ3) is 4.55. The normalized spacial score (nSPS) is 10.8. The second-order valence-corrected chi connectivity index (χ2v) is 7.37. The number of furan rings is 1. The van der Waals surface area contributed by atoms with Gasteiger partial charge in [-0.25, -0.2) is 0 Å². The molecule has 4 rings (SSSR count). The van der Waals surface area contributed by atoms with Crippen LogP contribution in [0.1, 0.15) is 21.7 Å². The van der Waals surface area contributed by atoms with Crippen molar-refractivity contribution in [3.63, 3.8) is 0 Å². The number of H-pyrrole nitrogens is 1. The highest BCUT2D eigenvalue weighted by atomic mass is 16.5. The number of aromatic amines is 1. The summed E-state index contributed by atoms with van der Waals surface area (Å²) >= 11 is 0. The predicted molar refractivity (Wildman–Crippen MR) is 123 cm³/mol. The molecule has 8 nitrogen and oxygen atoms in total. The van der Waals surface area contributed by atoms with Gasteiger partial charge in [0.15, 0.2) is 11.5 Å². The molecular formula is C25H24N2O6. The number of carbonyl (C=O) groups is 1. The van der Waals surface area contributed by atoms with Crippen LogP contribution in [-0.4, -0.2) is 37.1 Å². The zero-order chi connectivity index (χ0) is 23.4. The van der Waals surface area contributed by atoms with Crippen LogP contribution >= 0.6 is 0 Å². The van der Waals surface area contributed by atoms with Crippen LogP contribution < -0.4 is 19.8 Å². The number of pyridine rings is 1. The molecule has 0 saturated carbocycles. The van der Waals surface area contributed by atoms with Gasteiger partial charge >= 0.3 is 0 Å². The van der Waals surface area contributed by atoms with Crippen LogP contribution in [0.5, 0.6) is 17.2 Å². The fourth-order valence-corrected chi connectivity index (χ4v) is 3.69. The molecule has 0 bridgehead atoms. The fraction of sp³-hybridized carbons (Fsp3) is 0.200. The highest BCUT2D eigenvalue weighted by Gasteiger charge is 2.23. The molecule has 0 aliphatic rings. The molecule has 1 N–H and O–H groups in total. The van der Waals surface area contributed by atoms with Crippen molar-refractivity contribution < 1.29 is 23.4 Å². The molecule has 2 heterocycles. The van der Waals surface area contributed by atoms with Crippen molar-refractivity contribution in [2.75, 3.05) is 21.3 Å². The third-order valence-electron chi connectivity index (χ3n) is 5.32. The van der Waals surface area contributed by atoms with E-state index in [-0.39, 0.29) is 24.6 Å². The summed E-state index contributed by atoms with van der Waals surface area (Å²) in [5.74, 6) is 1.38. The maximum Gasteiger partial charge on any atom is 0.254 e. The van der Waals surface area contributed by atoms with Gasteiger partial charge in [-0.2, -0.15) is 0 Å². The van der Waals surface area contributed by atoms with Gasteiger partial charge in [-0.1, -0.05) is 18.2 Å². The van der Waals surface area contributed by atoms with E-state index in [1.165, 1.54) is 21.3 Å². The summed E-state index contributed by atoms with van der Waals surface area (Å²) in [5, 5.41) is 0.880. The minimum absolute atomic E-state index is 0.0797. The van der Waals surface area contributed by atoms with Crippen molar-refractivity contribution in [1.29, 1.82) is 0 Å². The van der Waals surface area contributed by atoms with Crippen LogP contribution in [0.15, 0.2) is 70.1 Å². The van der Waals surface area contributed by atoms with E-state index in [0.717, 1.165) is 10.9 Å². The fourth-order valence-electron chi connectivity index (χ4n) is 3.69. The van der Waals surface area contributed by atoms with Crippen molar-refractivity contribution >= 4 is 16.8 Å². The van der Waals surface area contributed by atoms with Crippen LogP contribution in [0.4, 0.5) is 0 Å². The zero-order valence-corrected chi connectivity index (χ0v) is 18.6. The van der Waals surface area contributed by atoms with E-state index >= 15 is 0 Å². The van der Waals surface area contributed by atoms with Gasteiger partial charge in [0.05, 0.1) is 40.7 Å². The number of hydrogen-bond acceptors (Lipinski definition) is 6. The van der Waals surface area contributed by atoms with Crippen molar-refractivity contribution in [2.45, 2.75) is 13.1 Å². The molecule has 2 aromatic carbocycles. The molecule has 0 unspecified atom stereocenters. The molecule has 0 radical (unpaired) electrons. The van der Waals surface area contributed by atoms with Crippen molar-refractivity contribution in [3.05, 3.63) is 88.1 Å². The maximum atomic E-state index is 13.6. The second kappa shape index (κ2) is 9.52. The lowest BCUT2D eigenvalue weighted by Crippen LogP contribution is -2.32. The topological polar surface area (TPSA) is 94.0 Å². The van der Waals surface area contributed by atoms with Gasteiger partial charge in [0.1, 0.15) is 5.76 Å². The summed E-state index contributed by atoms with van der Waals surface area (Å²) in [4.78, 5) is 30.8. The van der Waals surface area contributed by atoms with Gasteiger partial charge in [-0.3, -0.25) is 9.59 Å². The number of fused-ring (bicyclic) bond motifs is 1. The van der Waals surface area contributed by atoms with Gasteiger partial charge in [-0.05, 0) is 41.8 Å². The Morgan fingerprint density at radius 3 is 2.30 bits per heavy atom. The van der Waals surface area contributed by atoms with Crippen LogP contribution in [0.25, 0.3) is 10.9 Å². The van der Waals surface area contributed by atoms with Crippen molar-refractivity contribution in [3.8, 4) is 17.2 Å². The van der Waals surface area contributed by atoms with E-state index in [2.05, 4.69) is 4.98 Å². The smallest absolute Gasteiger partial charge is 0.254 e. The first-order chi connectivity index (χ1) is 16.0. The summed E-state index contributed by atoms with van der Waals surface area (Å²) in [6.07, 6.45) is 1.54. The van der Waals surface area contributed by atoms with Gasteiger partial charge < -0.3 is 28.5 Å². The number of aromatic nitrogens is 1. The Morgan fingerprint density at radius 2 is 1.67 bits per heavy atom. The van der Waals surface area contributed by atoms with Gasteiger partial charge in [0.2, 0.25) is 5.75 Å². The summed E-state index contributed by atoms with van der Waals surface area (Å²) in [5.41, 5.74) is 1.27. The number of amides is 1.